The number of rotatable bonds is 5. The van der Waals surface area contributed by atoms with E-state index in [4.69, 9.17) is 11.5 Å². The molecular formula is C13H19N3O. The standard InChI is InChI=1S/C13H19N3O/c14-5-1-7-16-12-3-2-10(4-6-15)8-11(12)9-13(16)17/h2-3,8H,1,4-7,9,14-15H2. The van der Waals surface area contributed by atoms with Crippen LogP contribution < -0.4 is 16.4 Å². The number of carbonyl (C=O) groups excluding carboxylic acids is 1. The van der Waals surface area contributed by atoms with Crippen LogP contribution in [0.5, 0.6) is 0 Å². The van der Waals surface area contributed by atoms with Crippen LogP contribution in [0.15, 0.2) is 18.2 Å². The molecule has 1 aromatic carbocycles. The van der Waals surface area contributed by atoms with Crippen LogP contribution in [0.1, 0.15) is 17.5 Å². The van der Waals surface area contributed by atoms with Crippen LogP contribution in [0.2, 0.25) is 0 Å². The Morgan fingerprint density at radius 3 is 2.76 bits per heavy atom. The van der Waals surface area contributed by atoms with Gasteiger partial charge in [-0.1, -0.05) is 12.1 Å². The first-order chi connectivity index (χ1) is 8.26. The molecule has 0 fully saturated rings. The predicted molar refractivity (Wildman–Crippen MR) is 68.9 cm³/mol. The molecule has 4 heteroatoms. The smallest absolute Gasteiger partial charge is 0.231 e. The van der Waals surface area contributed by atoms with Crippen LogP contribution in [0.25, 0.3) is 0 Å². The minimum Gasteiger partial charge on any atom is -0.330 e. The van der Waals surface area contributed by atoms with E-state index in [0.717, 1.165) is 30.6 Å². The molecule has 92 valence electrons. The molecule has 0 unspecified atom stereocenters. The summed E-state index contributed by atoms with van der Waals surface area (Å²) in [6.45, 7) is 1.98. The lowest BCUT2D eigenvalue weighted by molar-refractivity contribution is -0.117. The fourth-order valence-corrected chi connectivity index (χ4v) is 2.25. The van der Waals surface area contributed by atoms with Crippen LogP contribution in [0.3, 0.4) is 0 Å². The largest absolute Gasteiger partial charge is 0.330 e. The van der Waals surface area contributed by atoms with E-state index in [9.17, 15) is 4.79 Å². The van der Waals surface area contributed by atoms with Crippen molar-refractivity contribution < 1.29 is 4.79 Å². The van der Waals surface area contributed by atoms with Gasteiger partial charge in [0, 0.05) is 12.2 Å². The quantitative estimate of drug-likeness (QED) is 0.774. The van der Waals surface area contributed by atoms with Gasteiger partial charge < -0.3 is 16.4 Å². The number of fused-ring (bicyclic) bond motifs is 1. The van der Waals surface area contributed by atoms with Crippen LogP contribution in [-0.2, 0) is 17.6 Å². The van der Waals surface area contributed by atoms with Crippen molar-refractivity contribution in [3.63, 3.8) is 0 Å². The van der Waals surface area contributed by atoms with Crippen molar-refractivity contribution >= 4 is 11.6 Å². The van der Waals surface area contributed by atoms with E-state index >= 15 is 0 Å². The Balaban J connectivity index is 2.19. The molecule has 4 nitrogen and oxygen atoms in total. The fraction of sp³-hybridized carbons (Fsp3) is 0.462. The zero-order valence-electron chi connectivity index (χ0n) is 9.98. The highest BCUT2D eigenvalue weighted by atomic mass is 16.2. The molecule has 0 aromatic heterocycles. The van der Waals surface area contributed by atoms with Gasteiger partial charge in [0.2, 0.25) is 5.91 Å². The third-order valence-corrected chi connectivity index (χ3v) is 3.10. The first kappa shape index (κ1) is 12.1. The number of carbonyl (C=O) groups is 1. The van der Waals surface area contributed by atoms with E-state index in [1.807, 2.05) is 11.0 Å². The summed E-state index contributed by atoms with van der Waals surface area (Å²) >= 11 is 0. The second-order valence-corrected chi connectivity index (χ2v) is 4.37. The predicted octanol–water partition coefficient (Wildman–Crippen LogP) is 0.426. The van der Waals surface area contributed by atoms with Gasteiger partial charge in [-0.2, -0.15) is 0 Å². The molecule has 1 heterocycles. The summed E-state index contributed by atoms with van der Waals surface area (Å²) in [5.74, 6) is 0.179. The Hall–Kier alpha value is -1.39. The Morgan fingerprint density at radius 1 is 1.24 bits per heavy atom. The van der Waals surface area contributed by atoms with Crippen molar-refractivity contribution in [2.24, 2.45) is 11.5 Å². The lowest BCUT2D eigenvalue weighted by Crippen LogP contribution is -2.29. The van der Waals surface area contributed by atoms with Crippen LogP contribution in [-0.4, -0.2) is 25.5 Å². The van der Waals surface area contributed by atoms with E-state index in [1.54, 1.807) is 0 Å². The molecule has 0 atom stereocenters. The van der Waals surface area contributed by atoms with Gasteiger partial charge in [-0.05, 0) is 43.1 Å². The highest BCUT2D eigenvalue weighted by molar-refractivity contribution is 6.01. The SMILES string of the molecule is NCCCN1C(=O)Cc2cc(CCN)ccc21. The van der Waals surface area contributed by atoms with Crippen LogP contribution in [0.4, 0.5) is 5.69 Å². The maximum absolute atomic E-state index is 11.9. The maximum atomic E-state index is 11.9. The fourth-order valence-electron chi connectivity index (χ4n) is 2.25. The van der Waals surface area contributed by atoms with Gasteiger partial charge in [0.05, 0.1) is 6.42 Å². The summed E-state index contributed by atoms with van der Waals surface area (Å²) in [5.41, 5.74) is 14.4. The van der Waals surface area contributed by atoms with Crippen LogP contribution >= 0.6 is 0 Å². The third kappa shape index (κ3) is 2.48. The topological polar surface area (TPSA) is 72.3 Å². The molecule has 0 saturated heterocycles. The van der Waals surface area contributed by atoms with Crippen molar-refractivity contribution in [1.82, 2.24) is 0 Å². The molecule has 0 aliphatic carbocycles. The lowest BCUT2D eigenvalue weighted by Gasteiger charge is -2.17. The summed E-state index contributed by atoms with van der Waals surface area (Å²) in [6.07, 6.45) is 2.22. The average molecular weight is 233 g/mol. The van der Waals surface area contributed by atoms with E-state index in [2.05, 4.69) is 12.1 Å². The second kappa shape index (κ2) is 5.29. The second-order valence-electron chi connectivity index (χ2n) is 4.37. The van der Waals surface area contributed by atoms with Gasteiger partial charge in [0.25, 0.3) is 0 Å². The molecule has 0 saturated carbocycles. The summed E-state index contributed by atoms with van der Waals surface area (Å²) in [6, 6.07) is 6.18. The summed E-state index contributed by atoms with van der Waals surface area (Å²) in [7, 11) is 0. The van der Waals surface area contributed by atoms with Gasteiger partial charge in [-0.15, -0.1) is 0 Å². The molecule has 0 bridgehead atoms. The summed E-state index contributed by atoms with van der Waals surface area (Å²) in [4.78, 5) is 13.7. The number of nitrogens with two attached hydrogens (primary N) is 2. The Kier molecular flexibility index (Phi) is 3.76. The van der Waals surface area contributed by atoms with Gasteiger partial charge in [0.1, 0.15) is 0 Å². The first-order valence-corrected chi connectivity index (χ1v) is 6.08. The highest BCUT2D eigenvalue weighted by Gasteiger charge is 2.26. The first-order valence-electron chi connectivity index (χ1n) is 6.08. The van der Waals surface area contributed by atoms with Crippen molar-refractivity contribution in [2.45, 2.75) is 19.3 Å². The molecule has 1 aliphatic rings. The van der Waals surface area contributed by atoms with Crippen molar-refractivity contribution in [3.8, 4) is 0 Å². The third-order valence-electron chi connectivity index (χ3n) is 3.10. The molecule has 2 rings (SSSR count). The van der Waals surface area contributed by atoms with Gasteiger partial charge in [0.15, 0.2) is 0 Å². The van der Waals surface area contributed by atoms with E-state index in [1.165, 1.54) is 5.56 Å². The molecule has 1 aliphatic heterocycles. The minimum atomic E-state index is 0.179. The molecule has 1 amide bonds. The molecule has 1 aromatic rings. The van der Waals surface area contributed by atoms with Gasteiger partial charge in [-0.3, -0.25) is 4.79 Å². The number of hydrogen-bond donors (Lipinski definition) is 2. The highest BCUT2D eigenvalue weighted by Crippen LogP contribution is 2.29. The number of amides is 1. The molecule has 0 radical (unpaired) electrons. The summed E-state index contributed by atoms with van der Waals surface area (Å²) < 4.78 is 0. The number of benzene rings is 1. The van der Waals surface area contributed by atoms with E-state index < -0.39 is 0 Å². The van der Waals surface area contributed by atoms with E-state index in [0.29, 0.717) is 19.5 Å². The molecule has 17 heavy (non-hydrogen) atoms. The molecular weight excluding hydrogens is 214 g/mol. The number of hydrogen-bond acceptors (Lipinski definition) is 3. The zero-order chi connectivity index (χ0) is 12.3. The average Bonchev–Trinajstić information content (AvgIpc) is 2.62. The molecule has 4 N–H and O–H groups in total. The van der Waals surface area contributed by atoms with Crippen molar-refractivity contribution in [1.29, 1.82) is 0 Å². The monoisotopic (exact) mass is 233 g/mol. The lowest BCUT2D eigenvalue weighted by atomic mass is 10.1. The van der Waals surface area contributed by atoms with Gasteiger partial charge >= 0.3 is 0 Å². The normalized spacial score (nSPS) is 14.2. The Bertz CT molecular complexity index is 417. The van der Waals surface area contributed by atoms with Crippen LogP contribution in [0, 0.1) is 0 Å². The van der Waals surface area contributed by atoms with Gasteiger partial charge in [-0.25, -0.2) is 0 Å². The zero-order valence-corrected chi connectivity index (χ0v) is 9.98. The number of anilines is 1. The number of nitrogens with zero attached hydrogens (tertiary/aromatic N) is 1. The Morgan fingerprint density at radius 2 is 2.06 bits per heavy atom. The van der Waals surface area contributed by atoms with Crippen molar-refractivity contribution in [2.75, 3.05) is 24.5 Å². The maximum Gasteiger partial charge on any atom is 0.231 e. The Labute approximate surface area is 102 Å². The summed E-state index contributed by atoms with van der Waals surface area (Å²) in [5, 5.41) is 0. The minimum absolute atomic E-state index is 0.179. The van der Waals surface area contributed by atoms with E-state index in [-0.39, 0.29) is 5.91 Å². The van der Waals surface area contributed by atoms with Crippen molar-refractivity contribution in [3.05, 3.63) is 29.3 Å². The molecule has 0 spiro atoms.